The Kier molecular flexibility index (Phi) is 5.82. The maximum absolute atomic E-state index is 11.2. The lowest BCUT2D eigenvalue weighted by molar-refractivity contribution is -0.143. The number of ether oxygens (including phenoxy) is 1. The van der Waals surface area contributed by atoms with Gasteiger partial charge in [-0.05, 0) is 17.7 Å². The number of rotatable bonds is 6. The van der Waals surface area contributed by atoms with E-state index in [2.05, 4.69) is 27.8 Å². The molecule has 0 bridgehead atoms. The molecule has 0 heterocycles. The van der Waals surface area contributed by atoms with Crippen molar-refractivity contribution in [2.75, 3.05) is 13.1 Å². The molecule has 1 aromatic rings. The van der Waals surface area contributed by atoms with Crippen molar-refractivity contribution < 1.29 is 9.53 Å². The molecule has 0 unspecified atom stereocenters. The average molecular weight is 284 g/mol. The fourth-order valence-electron chi connectivity index (χ4n) is 1.12. The Morgan fingerprint density at radius 3 is 3.06 bits per heavy atom. The summed E-state index contributed by atoms with van der Waals surface area (Å²) in [5.41, 5.74) is 0.964. The molecule has 4 heteroatoms. The molecule has 16 heavy (non-hydrogen) atoms. The van der Waals surface area contributed by atoms with Crippen LogP contribution in [0.3, 0.4) is 0 Å². The highest BCUT2D eigenvalue weighted by molar-refractivity contribution is 9.10. The summed E-state index contributed by atoms with van der Waals surface area (Å²) in [5, 5.41) is 2.88. The number of hydrogen-bond acceptors (Lipinski definition) is 3. The topological polar surface area (TPSA) is 38.3 Å². The lowest BCUT2D eigenvalue weighted by atomic mass is 10.2. The van der Waals surface area contributed by atoms with Crippen molar-refractivity contribution in [1.29, 1.82) is 0 Å². The van der Waals surface area contributed by atoms with E-state index in [1.807, 2.05) is 24.3 Å². The van der Waals surface area contributed by atoms with Gasteiger partial charge < -0.3 is 10.1 Å². The molecule has 0 aliphatic rings. The van der Waals surface area contributed by atoms with Crippen LogP contribution >= 0.6 is 15.9 Å². The van der Waals surface area contributed by atoms with Crippen LogP contribution < -0.4 is 5.32 Å². The van der Waals surface area contributed by atoms with Gasteiger partial charge >= 0.3 is 5.97 Å². The van der Waals surface area contributed by atoms with Crippen LogP contribution in [-0.2, 0) is 16.1 Å². The van der Waals surface area contributed by atoms with Crippen LogP contribution in [0.4, 0.5) is 0 Å². The predicted molar refractivity (Wildman–Crippen MR) is 67.0 cm³/mol. The minimum Gasteiger partial charge on any atom is -0.460 e. The van der Waals surface area contributed by atoms with Crippen LogP contribution in [0.2, 0.25) is 0 Å². The zero-order chi connectivity index (χ0) is 11.8. The first kappa shape index (κ1) is 12.9. The molecule has 0 saturated heterocycles. The van der Waals surface area contributed by atoms with Crippen molar-refractivity contribution in [3.63, 3.8) is 0 Å². The average Bonchev–Trinajstić information content (AvgIpc) is 2.27. The fraction of sp³-hybridized carbons (Fsp3) is 0.250. The van der Waals surface area contributed by atoms with Crippen molar-refractivity contribution in [1.82, 2.24) is 5.32 Å². The van der Waals surface area contributed by atoms with E-state index >= 15 is 0 Å². The van der Waals surface area contributed by atoms with E-state index in [4.69, 9.17) is 4.74 Å². The second kappa shape index (κ2) is 7.19. The molecular weight excluding hydrogens is 270 g/mol. The molecule has 0 fully saturated rings. The number of hydrogen-bond donors (Lipinski definition) is 1. The van der Waals surface area contributed by atoms with E-state index in [0.29, 0.717) is 13.2 Å². The van der Waals surface area contributed by atoms with Gasteiger partial charge in [0.05, 0.1) is 6.54 Å². The molecular formula is C12H14BrNO2. The lowest BCUT2D eigenvalue weighted by Gasteiger charge is -2.05. The molecule has 0 aliphatic carbocycles. The normalized spacial score (nSPS) is 9.81. The second-order valence-corrected chi connectivity index (χ2v) is 4.13. The Hall–Kier alpha value is -1.13. The summed E-state index contributed by atoms with van der Waals surface area (Å²) >= 11 is 3.36. The van der Waals surface area contributed by atoms with Gasteiger partial charge in [-0.1, -0.05) is 34.1 Å². The summed E-state index contributed by atoms with van der Waals surface area (Å²) in [7, 11) is 0. The van der Waals surface area contributed by atoms with E-state index in [0.717, 1.165) is 10.0 Å². The van der Waals surface area contributed by atoms with Crippen LogP contribution in [0.25, 0.3) is 0 Å². The summed E-state index contributed by atoms with van der Waals surface area (Å²) in [6, 6.07) is 7.67. The number of halogens is 1. The van der Waals surface area contributed by atoms with E-state index in [-0.39, 0.29) is 12.5 Å². The Morgan fingerprint density at radius 1 is 1.56 bits per heavy atom. The smallest absolute Gasteiger partial charge is 0.320 e. The maximum atomic E-state index is 11.2. The van der Waals surface area contributed by atoms with Gasteiger partial charge in [0.25, 0.3) is 0 Å². The van der Waals surface area contributed by atoms with Crippen molar-refractivity contribution in [2.45, 2.75) is 6.61 Å². The van der Waals surface area contributed by atoms with Crippen LogP contribution in [0, 0.1) is 0 Å². The van der Waals surface area contributed by atoms with Gasteiger partial charge in [0.15, 0.2) is 0 Å². The molecule has 3 nitrogen and oxygen atoms in total. The minimum absolute atomic E-state index is 0.208. The van der Waals surface area contributed by atoms with E-state index in [1.54, 1.807) is 6.08 Å². The molecule has 0 spiro atoms. The van der Waals surface area contributed by atoms with Gasteiger partial charge in [0.2, 0.25) is 0 Å². The van der Waals surface area contributed by atoms with Crippen molar-refractivity contribution in [2.24, 2.45) is 0 Å². The highest BCUT2D eigenvalue weighted by Crippen LogP contribution is 2.12. The number of carbonyl (C=O) groups excluding carboxylic acids is 1. The molecule has 1 N–H and O–H groups in total. The monoisotopic (exact) mass is 283 g/mol. The molecule has 0 aliphatic heterocycles. The maximum Gasteiger partial charge on any atom is 0.320 e. The molecule has 0 atom stereocenters. The third-order valence-corrected chi connectivity index (χ3v) is 2.34. The quantitative estimate of drug-likeness (QED) is 0.495. The molecule has 0 aromatic heterocycles. The molecule has 0 saturated carbocycles. The van der Waals surface area contributed by atoms with Crippen molar-refractivity contribution in [3.05, 3.63) is 47.0 Å². The molecule has 86 valence electrons. The first-order valence-electron chi connectivity index (χ1n) is 4.94. The van der Waals surface area contributed by atoms with Crippen molar-refractivity contribution in [3.8, 4) is 0 Å². The number of benzene rings is 1. The van der Waals surface area contributed by atoms with Gasteiger partial charge in [-0.15, -0.1) is 6.58 Å². The third kappa shape index (κ3) is 5.09. The lowest BCUT2D eigenvalue weighted by Crippen LogP contribution is -2.24. The zero-order valence-electron chi connectivity index (χ0n) is 8.91. The third-order valence-electron chi connectivity index (χ3n) is 1.85. The largest absolute Gasteiger partial charge is 0.460 e. The molecule has 0 amide bonds. The fourth-order valence-corrected chi connectivity index (χ4v) is 1.56. The number of carbonyl (C=O) groups is 1. The first-order chi connectivity index (χ1) is 7.72. The van der Waals surface area contributed by atoms with Crippen LogP contribution in [0.1, 0.15) is 5.56 Å². The molecule has 1 rings (SSSR count). The van der Waals surface area contributed by atoms with E-state index in [1.165, 1.54) is 0 Å². The van der Waals surface area contributed by atoms with Gasteiger partial charge in [-0.2, -0.15) is 0 Å². The zero-order valence-corrected chi connectivity index (χ0v) is 10.5. The molecule has 1 aromatic carbocycles. The summed E-state index contributed by atoms with van der Waals surface area (Å²) in [5.74, 6) is -0.262. The number of nitrogens with one attached hydrogen (secondary N) is 1. The molecule has 0 radical (unpaired) electrons. The van der Waals surface area contributed by atoms with Gasteiger partial charge in [0, 0.05) is 11.0 Å². The van der Waals surface area contributed by atoms with Crippen molar-refractivity contribution >= 4 is 21.9 Å². The Labute approximate surface area is 104 Å². The van der Waals surface area contributed by atoms with E-state index in [9.17, 15) is 4.79 Å². The van der Waals surface area contributed by atoms with E-state index < -0.39 is 0 Å². The highest BCUT2D eigenvalue weighted by Gasteiger charge is 2.02. The van der Waals surface area contributed by atoms with Crippen LogP contribution in [0.5, 0.6) is 0 Å². The summed E-state index contributed by atoms with van der Waals surface area (Å²) in [4.78, 5) is 11.2. The number of esters is 1. The van der Waals surface area contributed by atoms with Gasteiger partial charge in [-0.25, -0.2) is 0 Å². The first-order valence-corrected chi connectivity index (χ1v) is 5.73. The predicted octanol–water partition coefficient (Wildman–Crippen LogP) is 2.27. The standard InChI is InChI=1S/C12H14BrNO2/c1-2-6-14-8-12(15)16-9-10-4-3-5-11(13)7-10/h2-5,7,14H,1,6,8-9H2. The Balaban J connectivity index is 2.28. The second-order valence-electron chi connectivity index (χ2n) is 3.21. The summed E-state index contributed by atoms with van der Waals surface area (Å²) < 4.78 is 6.05. The van der Waals surface area contributed by atoms with Gasteiger partial charge in [-0.3, -0.25) is 4.79 Å². The SMILES string of the molecule is C=CCNCC(=O)OCc1cccc(Br)c1. The summed E-state index contributed by atoms with van der Waals surface area (Å²) in [6.07, 6.45) is 1.70. The minimum atomic E-state index is -0.262. The van der Waals surface area contributed by atoms with Crippen LogP contribution in [0.15, 0.2) is 41.4 Å². The Bertz CT molecular complexity index is 366. The van der Waals surface area contributed by atoms with Crippen LogP contribution in [-0.4, -0.2) is 19.1 Å². The summed E-state index contributed by atoms with van der Waals surface area (Å²) in [6.45, 7) is 4.65. The Morgan fingerprint density at radius 2 is 2.38 bits per heavy atom. The highest BCUT2D eigenvalue weighted by atomic mass is 79.9. The van der Waals surface area contributed by atoms with Gasteiger partial charge in [0.1, 0.15) is 6.61 Å².